The molecule has 1 saturated carbocycles. The van der Waals surface area contributed by atoms with Crippen LogP contribution in [0, 0.1) is 5.92 Å². The molecule has 4 nitrogen and oxygen atoms in total. The fraction of sp³-hybridized carbons (Fsp3) is 0.909. The van der Waals surface area contributed by atoms with Crippen LogP contribution < -0.4 is 5.32 Å². The predicted molar refractivity (Wildman–Crippen MR) is 55.7 cm³/mol. The van der Waals surface area contributed by atoms with Crippen LogP contribution in [-0.2, 0) is 9.53 Å². The van der Waals surface area contributed by atoms with Gasteiger partial charge in [-0.05, 0) is 18.8 Å². The molecule has 0 aromatic heterocycles. The minimum Gasteiger partial charge on any atom is -0.481 e. The molecule has 1 saturated heterocycles. The summed E-state index contributed by atoms with van der Waals surface area (Å²) in [5.74, 6) is -0.177. The van der Waals surface area contributed by atoms with Crippen molar-refractivity contribution in [2.45, 2.75) is 44.2 Å². The number of carboxylic acid groups (broad SMARTS) is 1. The smallest absolute Gasteiger partial charge is 0.306 e. The lowest BCUT2D eigenvalue weighted by molar-refractivity contribution is -0.140. The van der Waals surface area contributed by atoms with Crippen molar-refractivity contribution < 1.29 is 14.6 Å². The molecule has 1 heterocycles. The third-order valence-corrected chi connectivity index (χ3v) is 3.47. The molecule has 1 aliphatic heterocycles. The molecule has 3 atom stereocenters. The molecule has 0 bridgehead atoms. The zero-order valence-electron chi connectivity index (χ0n) is 8.95. The van der Waals surface area contributed by atoms with E-state index in [9.17, 15) is 4.79 Å². The first-order valence-corrected chi connectivity index (χ1v) is 5.82. The zero-order valence-corrected chi connectivity index (χ0v) is 8.95. The van der Waals surface area contributed by atoms with Gasteiger partial charge in [0.2, 0.25) is 0 Å². The average Bonchev–Trinajstić information content (AvgIpc) is 2.41. The number of fused-ring (bicyclic) bond motifs is 1. The Morgan fingerprint density at radius 3 is 3.00 bits per heavy atom. The van der Waals surface area contributed by atoms with Crippen molar-refractivity contribution in [3.63, 3.8) is 0 Å². The highest BCUT2D eigenvalue weighted by atomic mass is 16.5. The molecular formula is C11H19NO3. The van der Waals surface area contributed by atoms with E-state index < -0.39 is 5.97 Å². The van der Waals surface area contributed by atoms with Crippen molar-refractivity contribution in [1.82, 2.24) is 5.32 Å². The highest BCUT2D eigenvalue weighted by Gasteiger charge is 2.30. The summed E-state index contributed by atoms with van der Waals surface area (Å²) in [4.78, 5) is 10.6. The summed E-state index contributed by atoms with van der Waals surface area (Å²) >= 11 is 0. The third-order valence-electron chi connectivity index (χ3n) is 3.47. The van der Waals surface area contributed by atoms with E-state index in [0.717, 1.165) is 6.61 Å². The average molecular weight is 213 g/mol. The molecule has 3 unspecified atom stereocenters. The van der Waals surface area contributed by atoms with Crippen LogP contribution >= 0.6 is 0 Å². The standard InChI is InChI=1S/C11H19NO3/c13-11(14)5-9-6-12-10-4-2-1-3-8(10)7-15-9/h8-10,12H,1-7H2,(H,13,14). The van der Waals surface area contributed by atoms with Crippen LogP contribution in [-0.4, -0.2) is 36.4 Å². The van der Waals surface area contributed by atoms with Crippen molar-refractivity contribution in [3.8, 4) is 0 Å². The summed E-state index contributed by atoms with van der Waals surface area (Å²) in [6, 6.07) is 0.553. The molecular weight excluding hydrogens is 194 g/mol. The van der Waals surface area contributed by atoms with Crippen LogP contribution in [0.1, 0.15) is 32.1 Å². The molecule has 2 rings (SSSR count). The van der Waals surface area contributed by atoms with Gasteiger partial charge in [-0.25, -0.2) is 0 Å². The summed E-state index contributed by atoms with van der Waals surface area (Å²) < 4.78 is 5.64. The van der Waals surface area contributed by atoms with E-state index in [1.807, 2.05) is 0 Å². The molecule has 2 aliphatic rings. The summed E-state index contributed by atoms with van der Waals surface area (Å²) in [6.45, 7) is 1.42. The van der Waals surface area contributed by atoms with E-state index in [0.29, 0.717) is 18.5 Å². The van der Waals surface area contributed by atoms with Crippen molar-refractivity contribution in [3.05, 3.63) is 0 Å². The monoisotopic (exact) mass is 213 g/mol. The Labute approximate surface area is 90.0 Å². The third kappa shape index (κ3) is 2.92. The maximum Gasteiger partial charge on any atom is 0.306 e. The van der Waals surface area contributed by atoms with Crippen LogP contribution in [0.4, 0.5) is 0 Å². The van der Waals surface area contributed by atoms with Crippen LogP contribution in [0.2, 0.25) is 0 Å². The van der Waals surface area contributed by atoms with Gasteiger partial charge in [-0.15, -0.1) is 0 Å². The minimum atomic E-state index is -0.772. The first-order valence-electron chi connectivity index (χ1n) is 5.82. The van der Waals surface area contributed by atoms with Crippen molar-refractivity contribution in [1.29, 1.82) is 0 Å². The van der Waals surface area contributed by atoms with Gasteiger partial charge in [-0.3, -0.25) is 4.79 Å². The van der Waals surface area contributed by atoms with Crippen molar-refractivity contribution in [2.75, 3.05) is 13.2 Å². The number of carboxylic acids is 1. The van der Waals surface area contributed by atoms with Gasteiger partial charge >= 0.3 is 5.97 Å². The van der Waals surface area contributed by atoms with E-state index in [2.05, 4.69) is 5.32 Å². The Balaban J connectivity index is 1.87. The highest BCUT2D eigenvalue weighted by molar-refractivity contribution is 5.67. The van der Waals surface area contributed by atoms with Gasteiger partial charge in [0.1, 0.15) is 0 Å². The van der Waals surface area contributed by atoms with Gasteiger partial charge in [0.25, 0.3) is 0 Å². The molecule has 0 radical (unpaired) electrons. The van der Waals surface area contributed by atoms with Crippen LogP contribution in [0.15, 0.2) is 0 Å². The SMILES string of the molecule is O=C(O)CC1CNC2CCCCC2CO1. The Bertz CT molecular complexity index is 216. The Hall–Kier alpha value is -0.610. The molecule has 2 fully saturated rings. The Morgan fingerprint density at radius 2 is 2.20 bits per heavy atom. The van der Waals surface area contributed by atoms with Gasteiger partial charge in [-0.2, -0.15) is 0 Å². The molecule has 0 spiro atoms. The van der Waals surface area contributed by atoms with Crippen molar-refractivity contribution >= 4 is 5.97 Å². The first-order chi connectivity index (χ1) is 7.25. The van der Waals surface area contributed by atoms with E-state index >= 15 is 0 Å². The Kier molecular flexibility index (Phi) is 3.59. The number of rotatable bonds is 2. The molecule has 1 aliphatic carbocycles. The second kappa shape index (κ2) is 4.94. The predicted octanol–water partition coefficient (Wildman–Crippen LogP) is 1.01. The summed E-state index contributed by atoms with van der Waals surface area (Å²) in [7, 11) is 0. The van der Waals surface area contributed by atoms with E-state index in [-0.39, 0.29) is 12.5 Å². The van der Waals surface area contributed by atoms with Crippen LogP contribution in [0.3, 0.4) is 0 Å². The second-order valence-electron chi connectivity index (χ2n) is 4.61. The number of hydrogen-bond donors (Lipinski definition) is 2. The van der Waals surface area contributed by atoms with Gasteiger partial charge < -0.3 is 15.2 Å². The summed E-state index contributed by atoms with van der Waals surface area (Å²) in [6.07, 6.45) is 4.98. The molecule has 4 heteroatoms. The quantitative estimate of drug-likeness (QED) is 0.718. The fourth-order valence-corrected chi connectivity index (χ4v) is 2.60. The molecule has 2 N–H and O–H groups in total. The maximum atomic E-state index is 10.6. The van der Waals surface area contributed by atoms with Gasteiger partial charge in [0, 0.05) is 12.6 Å². The van der Waals surface area contributed by atoms with Gasteiger partial charge in [-0.1, -0.05) is 12.8 Å². The normalized spacial score (nSPS) is 36.7. The molecule has 15 heavy (non-hydrogen) atoms. The number of carbonyl (C=O) groups is 1. The number of nitrogens with one attached hydrogen (secondary N) is 1. The summed E-state index contributed by atoms with van der Waals surface area (Å²) in [5.41, 5.74) is 0. The first kappa shape index (κ1) is 10.9. The number of aliphatic carboxylic acids is 1. The lowest BCUT2D eigenvalue weighted by Gasteiger charge is -2.29. The lowest BCUT2D eigenvalue weighted by Crippen LogP contribution is -2.39. The van der Waals surface area contributed by atoms with Crippen LogP contribution in [0.5, 0.6) is 0 Å². The largest absolute Gasteiger partial charge is 0.481 e. The Morgan fingerprint density at radius 1 is 1.40 bits per heavy atom. The van der Waals surface area contributed by atoms with E-state index in [4.69, 9.17) is 9.84 Å². The van der Waals surface area contributed by atoms with Crippen LogP contribution in [0.25, 0.3) is 0 Å². The van der Waals surface area contributed by atoms with E-state index in [1.54, 1.807) is 0 Å². The number of hydrogen-bond acceptors (Lipinski definition) is 3. The number of ether oxygens (including phenoxy) is 1. The maximum absolute atomic E-state index is 10.6. The molecule has 0 aromatic carbocycles. The van der Waals surface area contributed by atoms with Crippen molar-refractivity contribution in [2.24, 2.45) is 5.92 Å². The second-order valence-corrected chi connectivity index (χ2v) is 4.61. The van der Waals surface area contributed by atoms with Gasteiger partial charge in [0.15, 0.2) is 0 Å². The molecule has 86 valence electrons. The van der Waals surface area contributed by atoms with E-state index in [1.165, 1.54) is 25.7 Å². The molecule has 0 amide bonds. The highest BCUT2D eigenvalue weighted by Crippen LogP contribution is 2.26. The minimum absolute atomic E-state index is 0.117. The lowest BCUT2D eigenvalue weighted by atomic mass is 9.85. The fourth-order valence-electron chi connectivity index (χ4n) is 2.60. The zero-order chi connectivity index (χ0) is 10.7. The summed E-state index contributed by atoms with van der Waals surface area (Å²) in [5, 5.41) is 12.2. The molecule has 0 aromatic rings. The topological polar surface area (TPSA) is 58.6 Å². The van der Waals surface area contributed by atoms with Gasteiger partial charge in [0.05, 0.1) is 19.1 Å².